The summed E-state index contributed by atoms with van der Waals surface area (Å²) in [7, 11) is -3.49. The van der Waals surface area contributed by atoms with Gasteiger partial charge in [0.1, 0.15) is 0 Å². The van der Waals surface area contributed by atoms with Crippen molar-refractivity contribution in [3.8, 4) is 0 Å². The van der Waals surface area contributed by atoms with Gasteiger partial charge < -0.3 is 0 Å². The Kier molecular flexibility index (Phi) is 4.83. The van der Waals surface area contributed by atoms with Gasteiger partial charge in [0.2, 0.25) is 10.0 Å². The summed E-state index contributed by atoms with van der Waals surface area (Å²) in [6.07, 6.45) is 3.70. The van der Waals surface area contributed by atoms with E-state index in [0.29, 0.717) is 12.1 Å². The van der Waals surface area contributed by atoms with Crippen LogP contribution in [0.4, 0.5) is 0 Å². The predicted octanol–water partition coefficient (Wildman–Crippen LogP) is 3.02. The fraction of sp³-hybridized carbons (Fsp3) is 0.500. The van der Waals surface area contributed by atoms with E-state index >= 15 is 0 Å². The fourth-order valence-corrected chi connectivity index (χ4v) is 4.48. The molecule has 0 spiro atoms. The number of halogens is 1. The lowest BCUT2D eigenvalue weighted by atomic mass is 10.0. The lowest BCUT2D eigenvalue weighted by Crippen LogP contribution is -2.43. The third-order valence-electron chi connectivity index (χ3n) is 3.73. The zero-order chi connectivity index (χ0) is 14.8. The van der Waals surface area contributed by atoms with Crippen LogP contribution in [0, 0.1) is 0 Å². The largest absolute Gasteiger partial charge is 0.276 e. The molecule has 6 heteroatoms. The Bertz CT molecular complexity index is 583. The van der Waals surface area contributed by atoms with E-state index in [1.165, 1.54) is 24.3 Å². The van der Waals surface area contributed by atoms with Crippen LogP contribution in [0.5, 0.6) is 0 Å². The van der Waals surface area contributed by atoms with E-state index in [9.17, 15) is 13.2 Å². The molecule has 2 rings (SSSR count). The molecule has 20 heavy (non-hydrogen) atoms. The Morgan fingerprint density at radius 3 is 2.50 bits per heavy atom. The van der Waals surface area contributed by atoms with Gasteiger partial charge >= 0.3 is 0 Å². The molecule has 0 amide bonds. The van der Waals surface area contributed by atoms with Crippen LogP contribution in [-0.4, -0.2) is 30.6 Å². The number of sulfonamides is 1. The van der Waals surface area contributed by atoms with Gasteiger partial charge in [-0.05, 0) is 55.1 Å². The van der Waals surface area contributed by atoms with Gasteiger partial charge in [0.15, 0.2) is 0 Å². The molecule has 1 atom stereocenters. The highest BCUT2D eigenvalue weighted by Crippen LogP contribution is 2.27. The van der Waals surface area contributed by atoms with Crippen molar-refractivity contribution in [3.05, 3.63) is 29.8 Å². The van der Waals surface area contributed by atoms with Crippen LogP contribution in [0.1, 0.15) is 43.0 Å². The first-order valence-corrected chi connectivity index (χ1v) is 8.60. The Balaban J connectivity index is 2.31. The first-order chi connectivity index (χ1) is 9.46. The summed E-state index contributed by atoms with van der Waals surface area (Å²) in [4.78, 5) is 11.2. The fourth-order valence-electron chi connectivity index (χ4n) is 2.59. The number of carbonyl (C=O) groups excluding carboxylic acids is 1. The second kappa shape index (κ2) is 6.24. The third kappa shape index (κ3) is 3.05. The molecule has 0 aliphatic carbocycles. The lowest BCUT2D eigenvalue weighted by molar-refractivity contribution is 0.108. The summed E-state index contributed by atoms with van der Waals surface area (Å²) in [6.45, 7) is 2.57. The maximum Gasteiger partial charge on any atom is 0.252 e. The van der Waals surface area contributed by atoms with Crippen molar-refractivity contribution in [2.75, 3.05) is 6.54 Å². The number of rotatable bonds is 4. The summed E-state index contributed by atoms with van der Waals surface area (Å²) in [5, 5.41) is -0.585. The van der Waals surface area contributed by atoms with E-state index in [2.05, 4.69) is 0 Å². The van der Waals surface area contributed by atoms with Crippen LogP contribution < -0.4 is 0 Å². The van der Waals surface area contributed by atoms with E-state index in [0.717, 1.165) is 25.7 Å². The minimum atomic E-state index is -3.49. The van der Waals surface area contributed by atoms with Gasteiger partial charge in [0.05, 0.1) is 4.90 Å². The van der Waals surface area contributed by atoms with Gasteiger partial charge in [-0.15, -0.1) is 0 Å². The standard InChI is InChI=1S/C14H18ClNO3S/c1-2-12-5-3-4-10-16(12)20(18,19)13-8-6-11(7-9-13)14(15)17/h6-9,12H,2-5,10H2,1H3/t12-/m0/s1. The SMILES string of the molecule is CC[C@H]1CCCCN1S(=O)(=O)c1ccc(C(=O)Cl)cc1. The van der Waals surface area contributed by atoms with Crippen LogP contribution >= 0.6 is 11.6 Å². The summed E-state index contributed by atoms with van der Waals surface area (Å²) in [5.74, 6) is 0. The van der Waals surface area contributed by atoms with Gasteiger partial charge in [-0.2, -0.15) is 4.31 Å². The van der Waals surface area contributed by atoms with E-state index in [1.54, 1.807) is 4.31 Å². The Hall–Kier alpha value is -0.910. The van der Waals surface area contributed by atoms with E-state index < -0.39 is 15.3 Å². The van der Waals surface area contributed by atoms with Crippen molar-refractivity contribution in [1.29, 1.82) is 0 Å². The molecule has 4 nitrogen and oxygen atoms in total. The lowest BCUT2D eigenvalue weighted by Gasteiger charge is -2.34. The number of benzene rings is 1. The summed E-state index contributed by atoms with van der Waals surface area (Å²) >= 11 is 5.37. The molecule has 0 bridgehead atoms. The number of carbonyl (C=O) groups is 1. The Labute approximate surface area is 124 Å². The number of hydrogen-bond acceptors (Lipinski definition) is 3. The molecule has 110 valence electrons. The van der Waals surface area contributed by atoms with Gasteiger partial charge in [0, 0.05) is 18.2 Å². The number of piperidine rings is 1. The average Bonchev–Trinajstić information content (AvgIpc) is 2.47. The van der Waals surface area contributed by atoms with Crippen molar-refractivity contribution >= 4 is 26.9 Å². The van der Waals surface area contributed by atoms with E-state index in [1.807, 2.05) is 6.92 Å². The second-order valence-electron chi connectivity index (χ2n) is 4.97. The van der Waals surface area contributed by atoms with Crippen LogP contribution in [0.3, 0.4) is 0 Å². The summed E-state index contributed by atoms with van der Waals surface area (Å²) in [5.41, 5.74) is 0.302. The Morgan fingerprint density at radius 2 is 1.95 bits per heavy atom. The summed E-state index contributed by atoms with van der Waals surface area (Å²) in [6, 6.07) is 5.88. The maximum absolute atomic E-state index is 12.6. The van der Waals surface area contributed by atoms with E-state index in [4.69, 9.17) is 11.6 Å². The molecule has 0 unspecified atom stereocenters. The van der Waals surface area contributed by atoms with E-state index in [-0.39, 0.29) is 10.9 Å². The molecule has 1 aromatic rings. The van der Waals surface area contributed by atoms with Gasteiger partial charge in [0.25, 0.3) is 5.24 Å². The molecular formula is C14H18ClNO3S. The first kappa shape index (κ1) is 15.5. The molecule has 0 N–H and O–H groups in total. The van der Waals surface area contributed by atoms with Crippen molar-refractivity contribution < 1.29 is 13.2 Å². The normalized spacial score (nSPS) is 20.8. The number of nitrogens with zero attached hydrogens (tertiary/aromatic N) is 1. The van der Waals surface area contributed by atoms with Crippen LogP contribution in [0.25, 0.3) is 0 Å². The molecule has 0 radical (unpaired) electrons. The van der Waals surface area contributed by atoms with Crippen molar-refractivity contribution in [3.63, 3.8) is 0 Å². The molecule has 1 fully saturated rings. The highest BCUT2D eigenvalue weighted by atomic mass is 35.5. The molecule has 1 saturated heterocycles. The Morgan fingerprint density at radius 1 is 1.30 bits per heavy atom. The maximum atomic E-state index is 12.6. The minimum absolute atomic E-state index is 0.0723. The van der Waals surface area contributed by atoms with Crippen LogP contribution in [-0.2, 0) is 10.0 Å². The highest BCUT2D eigenvalue weighted by molar-refractivity contribution is 7.89. The first-order valence-electron chi connectivity index (χ1n) is 6.78. The van der Waals surface area contributed by atoms with Gasteiger partial charge in [-0.3, -0.25) is 4.79 Å². The van der Waals surface area contributed by atoms with Crippen LogP contribution in [0.2, 0.25) is 0 Å². The molecule has 1 aliphatic rings. The predicted molar refractivity (Wildman–Crippen MR) is 78.4 cm³/mol. The van der Waals surface area contributed by atoms with Crippen molar-refractivity contribution in [2.45, 2.75) is 43.5 Å². The highest BCUT2D eigenvalue weighted by Gasteiger charge is 2.32. The zero-order valence-corrected chi connectivity index (χ0v) is 13.0. The molecular weight excluding hydrogens is 298 g/mol. The molecule has 1 aromatic carbocycles. The molecule has 1 aliphatic heterocycles. The quantitative estimate of drug-likeness (QED) is 0.803. The smallest absolute Gasteiger partial charge is 0.252 e. The molecule has 1 heterocycles. The zero-order valence-electron chi connectivity index (χ0n) is 11.4. The van der Waals surface area contributed by atoms with Crippen molar-refractivity contribution in [1.82, 2.24) is 4.31 Å². The topological polar surface area (TPSA) is 54.5 Å². The van der Waals surface area contributed by atoms with Gasteiger partial charge in [-0.1, -0.05) is 13.3 Å². The molecule has 0 saturated carbocycles. The second-order valence-corrected chi connectivity index (χ2v) is 7.21. The third-order valence-corrected chi connectivity index (χ3v) is 5.92. The minimum Gasteiger partial charge on any atom is -0.276 e. The number of hydrogen-bond donors (Lipinski definition) is 0. The van der Waals surface area contributed by atoms with Crippen molar-refractivity contribution in [2.24, 2.45) is 0 Å². The van der Waals surface area contributed by atoms with Gasteiger partial charge in [-0.25, -0.2) is 8.42 Å². The van der Waals surface area contributed by atoms with Crippen LogP contribution in [0.15, 0.2) is 29.2 Å². The molecule has 0 aromatic heterocycles. The monoisotopic (exact) mass is 315 g/mol. The summed E-state index contributed by atoms with van der Waals surface area (Å²) < 4.78 is 26.9. The average molecular weight is 316 g/mol.